The van der Waals surface area contributed by atoms with E-state index in [-0.39, 0.29) is 5.82 Å². The summed E-state index contributed by atoms with van der Waals surface area (Å²) in [6.45, 7) is 0. The normalized spacial score (nSPS) is 10.7. The number of aromatic nitrogens is 2. The van der Waals surface area contributed by atoms with E-state index >= 15 is 0 Å². The summed E-state index contributed by atoms with van der Waals surface area (Å²) >= 11 is 12.0. The number of pyridine rings is 1. The van der Waals surface area contributed by atoms with Gasteiger partial charge in [0.1, 0.15) is 17.6 Å². The average Bonchev–Trinajstić information content (AvgIpc) is 2.78. The molecule has 0 aliphatic rings. The predicted octanol–water partition coefficient (Wildman–Crippen LogP) is 4.32. The van der Waals surface area contributed by atoms with Crippen molar-refractivity contribution in [2.24, 2.45) is 0 Å². The quantitative estimate of drug-likeness (QED) is 0.672. The first kappa shape index (κ1) is 12.9. The Hall–Kier alpha value is -2.09. The molecule has 0 atom stereocenters. The van der Waals surface area contributed by atoms with Crippen molar-refractivity contribution in [2.75, 3.05) is 0 Å². The zero-order valence-electron chi connectivity index (χ0n) is 9.94. The van der Waals surface area contributed by atoms with Crippen molar-refractivity contribution in [1.29, 1.82) is 5.26 Å². The molecule has 2 aromatic heterocycles. The number of benzene rings is 1. The maximum Gasteiger partial charge on any atom is 0.157 e. The number of rotatable bonds is 1. The fourth-order valence-corrected chi connectivity index (χ4v) is 2.50. The van der Waals surface area contributed by atoms with Gasteiger partial charge in [-0.25, -0.2) is 9.37 Å². The summed E-state index contributed by atoms with van der Waals surface area (Å²) in [5.74, 6) is -0.350. The van der Waals surface area contributed by atoms with Crippen LogP contribution in [0.25, 0.3) is 16.9 Å². The van der Waals surface area contributed by atoms with Gasteiger partial charge in [-0.3, -0.25) is 4.40 Å². The Kier molecular flexibility index (Phi) is 3.09. The van der Waals surface area contributed by atoms with Gasteiger partial charge >= 0.3 is 0 Å². The van der Waals surface area contributed by atoms with E-state index in [1.807, 2.05) is 0 Å². The number of halogens is 3. The molecule has 3 nitrogen and oxygen atoms in total. The third-order valence-electron chi connectivity index (χ3n) is 2.87. The maximum atomic E-state index is 13.0. The number of hydrogen-bond donors (Lipinski definition) is 0. The van der Waals surface area contributed by atoms with Gasteiger partial charge < -0.3 is 0 Å². The van der Waals surface area contributed by atoms with Crippen molar-refractivity contribution < 1.29 is 4.39 Å². The van der Waals surface area contributed by atoms with Crippen molar-refractivity contribution in [3.8, 4) is 17.3 Å². The van der Waals surface area contributed by atoms with Crippen molar-refractivity contribution in [3.05, 3.63) is 58.1 Å². The molecule has 0 saturated heterocycles. The Morgan fingerprint density at radius 2 is 1.90 bits per heavy atom. The molecule has 0 saturated carbocycles. The van der Waals surface area contributed by atoms with Crippen molar-refractivity contribution in [1.82, 2.24) is 9.38 Å². The highest BCUT2D eigenvalue weighted by molar-refractivity contribution is 6.36. The van der Waals surface area contributed by atoms with E-state index in [0.29, 0.717) is 32.6 Å². The van der Waals surface area contributed by atoms with E-state index in [0.717, 1.165) is 0 Å². The van der Waals surface area contributed by atoms with Gasteiger partial charge in [0.25, 0.3) is 0 Å². The van der Waals surface area contributed by atoms with Crippen LogP contribution in [0, 0.1) is 17.1 Å². The molecule has 2 heterocycles. The Balaban J connectivity index is 2.34. The maximum absolute atomic E-state index is 13.0. The van der Waals surface area contributed by atoms with E-state index in [2.05, 4.69) is 11.1 Å². The minimum atomic E-state index is -0.350. The number of nitriles is 1. The van der Waals surface area contributed by atoms with Crippen LogP contribution >= 0.6 is 23.2 Å². The van der Waals surface area contributed by atoms with Gasteiger partial charge in [-0.05, 0) is 30.3 Å². The lowest BCUT2D eigenvalue weighted by molar-refractivity contribution is 0.628. The molecule has 0 N–H and O–H groups in total. The molecule has 0 aliphatic heterocycles. The minimum Gasteiger partial charge on any atom is -0.288 e. The van der Waals surface area contributed by atoms with Gasteiger partial charge in [-0.15, -0.1) is 0 Å². The van der Waals surface area contributed by atoms with E-state index in [9.17, 15) is 9.65 Å². The third kappa shape index (κ3) is 2.01. The van der Waals surface area contributed by atoms with Crippen LogP contribution in [-0.2, 0) is 0 Å². The second-order valence-electron chi connectivity index (χ2n) is 4.13. The number of fused-ring (bicyclic) bond motifs is 1. The summed E-state index contributed by atoms with van der Waals surface area (Å²) in [5.41, 5.74) is 1.82. The smallest absolute Gasteiger partial charge is 0.157 e. The molecular weight excluding hydrogens is 300 g/mol. The minimum absolute atomic E-state index is 0.302. The summed E-state index contributed by atoms with van der Waals surface area (Å²) in [6, 6.07) is 9.39. The summed E-state index contributed by atoms with van der Waals surface area (Å²) in [4.78, 5) is 4.35. The monoisotopic (exact) mass is 305 g/mol. The highest BCUT2D eigenvalue weighted by Gasteiger charge is 2.16. The molecular formula is C14H6Cl2FN3. The molecule has 0 bridgehead atoms. The van der Waals surface area contributed by atoms with Gasteiger partial charge in [0, 0.05) is 11.8 Å². The first-order valence-corrected chi connectivity index (χ1v) is 6.39. The Labute approximate surface area is 123 Å². The summed E-state index contributed by atoms with van der Waals surface area (Å²) in [6.07, 6.45) is 1.57. The Morgan fingerprint density at radius 1 is 1.20 bits per heavy atom. The molecule has 0 aliphatic carbocycles. The Morgan fingerprint density at radius 3 is 2.55 bits per heavy atom. The van der Waals surface area contributed by atoms with Crippen LogP contribution in [0.3, 0.4) is 0 Å². The van der Waals surface area contributed by atoms with Crippen LogP contribution in [-0.4, -0.2) is 9.38 Å². The molecule has 3 rings (SSSR count). The fourth-order valence-electron chi connectivity index (χ4n) is 1.99. The first-order valence-electron chi connectivity index (χ1n) is 5.63. The lowest BCUT2D eigenvalue weighted by atomic mass is 10.1. The molecule has 6 heteroatoms. The molecule has 0 radical (unpaired) electrons. The lowest BCUT2D eigenvalue weighted by Gasteiger charge is -1.98. The van der Waals surface area contributed by atoms with Gasteiger partial charge in [0.2, 0.25) is 0 Å². The van der Waals surface area contributed by atoms with Gasteiger partial charge in [0.05, 0.1) is 10.0 Å². The predicted molar refractivity (Wildman–Crippen MR) is 75.3 cm³/mol. The van der Waals surface area contributed by atoms with Crippen LogP contribution in [0.15, 0.2) is 36.5 Å². The number of nitrogens with zero attached hydrogens (tertiary/aromatic N) is 3. The molecule has 1 aromatic carbocycles. The molecule has 0 amide bonds. The van der Waals surface area contributed by atoms with E-state index in [1.165, 1.54) is 16.5 Å². The van der Waals surface area contributed by atoms with Crippen LogP contribution < -0.4 is 0 Å². The highest BCUT2D eigenvalue weighted by Crippen LogP contribution is 2.29. The van der Waals surface area contributed by atoms with E-state index in [1.54, 1.807) is 24.4 Å². The standard InChI is InChI=1S/C14H6Cl2FN3/c15-9-5-11(16)14-19-13(12(6-18)20(14)7-9)8-1-3-10(17)4-2-8/h1-5,7H. The van der Waals surface area contributed by atoms with Gasteiger partial charge in [0.15, 0.2) is 11.3 Å². The summed E-state index contributed by atoms with van der Waals surface area (Å²) in [5, 5.41) is 10.1. The highest BCUT2D eigenvalue weighted by atomic mass is 35.5. The molecule has 3 aromatic rings. The summed E-state index contributed by atoms with van der Waals surface area (Å²) in [7, 11) is 0. The first-order chi connectivity index (χ1) is 9.60. The van der Waals surface area contributed by atoms with Gasteiger partial charge in [-0.1, -0.05) is 23.2 Å². The lowest BCUT2D eigenvalue weighted by Crippen LogP contribution is -1.89. The average molecular weight is 306 g/mol. The van der Waals surface area contributed by atoms with Crippen molar-refractivity contribution >= 4 is 28.8 Å². The van der Waals surface area contributed by atoms with Crippen LogP contribution in [0.5, 0.6) is 0 Å². The van der Waals surface area contributed by atoms with Crippen LogP contribution in [0.2, 0.25) is 10.0 Å². The molecule has 0 unspecified atom stereocenters. The van der Waals surface area contributed by atoms with Crippen molar-refractivity contribution in [3.63, 3.8) is 0 Å². The zero-order chi connectivity index (χ0) is 14.3. The van der Waals surface area contributed by atoms with E-state index in [4.69, 9.17) is 23.2 Å². The molecule has 0 spiro atoms. The van der Waals surface area contributed by atoms with Crippen LogP contribution in [0.4, 0.5) is 4.39 Å². The largest absolute Gasteiger partial charge is 0.288 e. The number of hydrogen-bond acceptors (Lipinski definition) is 2. The zero-order valence-corrected chi connectivity index (χ0v) is 11.5. The second-order valence-corrected chi connectivity index (χ2v) is 4.97. The number of imidazole rings is 1. The molecule has 0 fully saturated rings. The van der Waals surface area contributed by atoms with E-state index < -0.39 is 0 Å². The van der Waals surface area contributed by atoms with Gasteiger partial charge in [-0.2, -0.15) is 5.26 Å². The summed E-state index contributed by atoms with van der Waals surface area (Å²) < 4.78 is 14.5. The SMILES string of the molecule is N#Cc1c(-c2ccc(F)cc2)nc2c(Cl)cc(Cl)cn12. The van der Waals surface area contributed by atoms with Crippen molar-refractivity contribution in [2.45, 2.75) is 0 Å². The molecule has 20 heavy (non-hydrogen) atoms. The fraction of sp³-hybridized carbons (Fsp3) is 0. The molecule has 98 valence electrons. The topological polar surface area (TPSA) is 41.1 Å². The van der Waals surface area contributed by atoms with Crippen LogP contribution in [0.1, 0.15) is 5.69 Å². The third-order valence-corrected chi connectivity index (χ3v) is 3.35. The Bertz CT molecular complexity index is 847. The second kappa shape index (κ2) is 4.78.